The summed E-state index contributed by atoms with van der Waals surface area (Å²) in [6, 6.07) is 8.62. The molecular weight excluding hydrogens is 275 g/mol. The fourth-order valence-electron chi connectivity index (χ4n) is 2.24. The number of hydrogen-bond acceptors (Lipinski definition) is 5. The predicted octanol–water partition coefficient (Wildman–Crippen LogP) is 2.21. The summed E-state index contributed by atoms with van der Waals surface area (Å²) in [6.45, 7) is 0.726. The van der Waals surface area contributed by atoms with E-state index in [0.29, 0.717) is 18.1 Å². The van der Waals surface area contributed by atoms with Gasteiger partial charge in [0.2, 0.25) is 12.7 Å². The first-order chi connectivity index (χ1) is 10.3. The fourth-order valence-corrected chi connectivity index (χ4v) is 2.24. The van der Waals surface area contributed by atoms with Crippen LogP contribution in [0.1, 0.15) is 5.56 Å². The Kier molecular flexibility index (Phi) is 2.63. The van der Waals surface area contributed by atoms with Gasteiger partial charge in [0, 0.05) is 12.1 Å². The predicted molar refractivity (Wildman–Crippen MR) is 72.8 cm³/mol. The van der Waals surface area contributed by atoms with E-state index >= 15 is 0 Å². The average molecular weight is 286 g/mol. The molecule has 0 fully saturated rings. The summed E-state index contributed by atoms with van der Waals surface area (Å²) >= 11 is 0. The molecule has 21 heavy (non-hydrogen) atoms. The smallest absolute Gasteiger partial charge is 0.243 e. The standard InChI is InChI=1S/C14H11FN4O2/c15-10-4-5-12-17-14(18-19(12)7-10)16-6-9-2-1-3-11-13(9)21-8-20-11/h1-5,7H,6,8H2,(H,16,18). The largest absolute Gasteiger partial charge is 0.454 e. The van der Waals surface area contributed by atoms with Crippen molar-refractivity contribution >= 4 is 11.6 Å². The Hall–Kier alpha value is -2.83. The lowest BCUT2D eigenvalue weighted by Crippen LogP contribution is -2.02. The van der Waals surface area contributed by atoms with Crippen molar-refractivity contribution in [3.8, 4) is 11.5 Å². The molecule has 1 N–H and O–H groups in total. The zero-order valence-corrected chi connectivity index (χ0v) is 10.9. The summed E-state index contributed by atoms with van der Waals surface area (Å²) in [5.74, 6) is 1.54. The van der Waals surface area contributed by atoms with Crippen molar-refractivity contribution in [3.05, 3.63) is 47.9 Å². The molecule has 0 aliphatic carbocycles. The second-order valence-electron chi connectivity index (χ2n) is 4.59. The summed E-state index contributed by atoms with van der Waals surface area (Å²) in [6.07, 6.45) is 1.28. The van der Waals surface area contributed by atoms with Gasteiger partial charge in [-0.25, -0.2) is 8.91 Å². The van der Waals surface area contributed by atoms with E-state index in [-0.39, 0.29) is 12.6 Å². The molecule has 0 radical (unpaired) electrons. The maximum atomic E-state index is 13.1. The van der Waals surface area contributed by atoms with Gasteiger partial charge in [0.05, 0.1) is 6.20 Å². The quantitative estimate of drug-likeness (QED) is 0.800. The zero-order chi connectivity index (χ0) is 14.2. The third-order valence-corrected chi connectivity index (χ3v) is 3.21. The summed E-state index contributed by atoms with van der Waals surface area (Å²) < 4.78 is 25.3. The Balaban J connectivity index is 1.57. The molecular formula is C14H11FN4O2. The second kappa shape index (κ2) is 4.62. The summed E-state index contributed by atoms with van der Waals surface area (Å²) in [7, 11) is 0. The molecule has 3 aromatic rings. The summed E-state index contributed by atoms with van der Waals surface area (Å²) in [5.41, 5.74) is 1.53. The topological polar surface area (TPSA) is 60.7 Å². The first kappa shape index (κ1) is 12.0. The van der Waals surface area contributed by atoms with Crippen LogP contribution in [0, 0.1) is 5.82 Å². The SMILES string of the molecule is Fc1ccc2nc(NCc3cccc4c3OCO4)nn2c1. The van der Waals surface area contributed by atoms with Crippen molar-refractivity contribution in [1.82, 2.24) is 14.6 Å². The van der Waals surface area contributed by atoms with Gasteiger partial charge in [-0.1, -0.05) is 12.1 Å². The number of rotatable bonds is 3. The second-order valence-corrected chi connectivity index (χ2v) is 4.59. The van der Waals surface area contributed by atoms with Gasteiger partial charge in [0.15, 0.2) is 17.1 Å². The van der Waals surface area contributed by atoms with E-state index < -0.39 is 0 Å². The van der Waals surface area contributed by atoms with Crippen molar-refractivity contribution in [2.45, 2.75) is 6.54 Å². The fraction of sp³-hybridized carbons (Fsp3) is 0.143. The number of pyridine rings is 1. The van der Waals surface area contributed by atoms with Gasteiger partial charge in [-0.3, -0.25) is 0 Å². The van der Waals surface area contributed by atoms with E-state index in [9.17, 15) is 4.39 Å². The molecule has 0 unspecified atom stereocenters. The van der Waals surface area contributed by atoms with Crippen LogP contribution < -0.4 is 14.8 Å². The molecule has 1 aliphatic heterocycles. The number of benzene rings is 1. The lowest BCUT2D eigenvalue weighted by Gasteiger charge is -2.05. The minimum atomic E-state index is -0.356. The minimum Gasteiger partial charge on any atom is -0.454 e. The molecule has 3 heterocycles. The number of hydrogen-bond donors (Lipinski definition) is 1. The van der Waals surface area contributed by atoms with Crippen LogP contribution >= 0.6 is 0 Å². The van der Waals surface area contributed by atoms with Crippen LogP contribution in [0.2, 0.25) is 0 Å². The first-order valence-electron chi connectivity index (χ1n) is 6.43. The highest BCUT2D eigenvalue weighted by Crippen LogP contribution is 2.35. The van der Waals surface area contributed by atoms with E-state index in [1.807, 2.05) is 18.2 Å². The first-order valence-corrected chi connectivity index (χ1v) is 6.43. The minimum absolute atomic E-state index is 0.234. The molecule has 2 aromatic heterocycles. The number of nitrogens with zero attached hydrogens (tertiary/aromatic N) is 3. The number of anilines is 1. The zero-order valence-electron chi connectivity index (χ0n) is 10.9. The Bertz CT molecular complexity index is 818. The molecule has 4 rings (SSSR count). The number of aromatic nitrogens is 3. The maximum absolute atomic E-state index is 13.1. The maximum Gasteiger partial charge on any atom is 0.243 e. The molecule has 0 saturated heterocycles. The van der Waals surface area contributed by atoms with E-state index in [0.717, 1.165) is 17.1 Å². The van der Waals surface area contributed by atoms with Crippen LogP contribution in [0.5, 0.6) is 11.5 Å². The van der Waals surface area contributed by atoms with Crippen molar-refractivity contribution in [2.75, 3.05) is 12.1 Å². The third kappa shape index (κ3) is 2.12. The van der Waals surface area contributed by atoms with E-state index in [1.54, 1.807) is 6.07 Å². The van der Waals surface area contributed by atoms with Crippen molar-refractivity contribution in [2.24, 2.45) is 0 Å². The van der Waals surface area contributed by atoms with Crippen LogP contribution in [0.25, 0.3) is 5.65 Å². The van der Waals surface area contributed by atoms with Gasteiger partial charge in [0.25, 0.3) is 0 Å². The van der Waals surface area contributed by atoms with Crippen LogP contribution in [0.4, 0.5) is 10.3 Å². The molecule has 0 amide bonds. The lowest BCUT2D eigenvalue weighted by atomic mass is 10.2. The molecule has 1 aliphatic rings. The van der Waals surface area contributed by atoms with Gasteiger partial charge < -0.3 is 14.8 Å². The van der Waals surface area contributed by atoms with Gasteiger partial charge in [-0.15, -0.1) is 5.10 Å². The molecule has 1 aromatic carbocycles. The Morgan fingerprint density at radius 2 is 2.19 bits per heavy atom. The molecule has 0 saturated carbocycles. The number of fused-ring (bicyclic) bond motifs is 2. The van der Waals surface area contributed by atoms with E-state index in [4.69, 9.17) is 9.47 Å². The summed E-state index contributed by atoms with van der Waals surface area (Å²) in [5, 5.41) is 7.26. The third-order valence-electron chi connectivity index (χ3n) is 3.21. The van der Waals surface area contributed by atoms with Gasteiger partial charge in [-0.05, 0) is 18.2 Å². The van der Waals surface area contributed by atoms with E-state index in [1.165, 1.54) is 16.8 Å². The van der Waals surface area contributed by atoms with Crippen molar-refractivity contribution < 1.29 is 13.9 Å². The molecule has 0 spiro atoms. The lowest BCUT2D eigenvalue weighted by molar-refractivity contribution is 0.173. The van der Waals surface area contributed by atoms with Gasteiger partial charge in [-0.2, -0.15) is 4.98 Å². The van der Waals surface area contributed by atoms with Crippen molar-refractivity contribution in [3.63, 3.8) is 0 Å². The number of para-hydroxylation sites is 1. The van der Waals surface area contributed by atoms with Crippen LogP contribution in [0.15, 0.2) is 36.5 Å². The highest BCUT2D eigenvalue weighted by atomic mass is 19.1. The average Bonchev–Trinajstić information content (AvgIpc) is 3.10. The van der Waals surface area contributed by atoms with Crippen LogP contribution in [0.3, 0.4) is 0 Å². The van der Waals surface area contributed by atoms with Crippen molar-refractivity contribution in [1.29, 1.82) is 0 Å². The van der Waals surface area contributed by atoms with Crippen LogP contribution in [-0.4, -0.2) is 21.4 Å². The molecule has 7 heteroatoms. The molecule has 106 valence electrons. The van der Waals surface area contributed by atoms with E-state index in [2.05, 4.69) is 15.4 Å². The van der Waals surface area contributed by atoms with Crippen LogP contribution in [-0.2, 0) is 6.54 Å². The number of halogens is 1. The Morgan fingerprint density at radius 3 is 3.14 bits per heavy atom. The Labute approximate surface area is 119 Å². The summed E-state index contributed by atoms with van der Waals surface area (Å²) in [4.78, 5) is 4.26. The Morgan fingerprint density at radius 1 is 1.24 bits per heavy atom. The normalized spacial score (nSPS) is 12.8. The molecule has 6 nitrogen and oxygen atoms in total. The highest BCUT2D eigenvalue weighted by molar-refractivity contribution is 5.50. The highest BCUT2D eigenvalue weighted by Gasteiger charge is 2.17. The number of nitrogens with one attached hydrogen (secondary N) is 1. The van der Waals surface area contributed by atoms with Gasteiger partial charge >= 0.3 is 0 Å². The van der Waals surface area contributed by atoms with Gasteiger partial charge in [0.1, 0.15) is 5.82 Å². The monoisotopic (exact) mass is 286 g/mol. The molecule has 0 bridgehead atoms. The number of ether oxygens (including phenoxy) is 2. The molecule has 0 atom stereocenters.